The molecule has 0 spiro atoms. The lowest BCUT2D eigenvalue weighted by Gasteiger charge is -2.27. The van der Waals surface area contributed by atoms with Crippen LogP contribution in [-0.4, -0.2) is 39.4 Å². The van der Waals surface area contributed by atoms with E-state index < -0.39 is 23.5 Å². The van der Waals surface area contributed by atoms with Gasteiger partial charge in [-0.1, -0.05) is 36.4 Å². The third kappa shape index (κ3) is 4.61. The summed E-state index contributed by atoms with van der Waals surface area (Å²) in [6.07, 6.45) is 1.91. The minimum absolute atomic E-state index is 0.107. The van der Waals surface area contributed by atoms with Gasteiger partial charge in [-0.15, -0.1) is 0 Å². The van der Waals surface area contributed by atoms with Crippen LogP contribution in [0.2, 0.25) is 0 Å². The molecule has 3 aromatic rings. The first-order valence-electron chi connectivity index (χ1n) is 10.7. The number of nitrogens with zero attached hydrogens (tertiary/aromatic N) is 2. The molecule has 4 rings (SSSR count). The Morgan fingerprint density at radius 2 is 1.83 bits per heavy atom. The highest BCUT2D eigenvalue weighted by Crippen LogP contribution is 2.31. The summed E-state index contributed by atoms with van der Waals surface area (Å²) in [6.45, 7) is 1.66. The summed E-state index contributed by atoms with van der Waals surface area (Å²) < 4.78 is 5.79. The van der Waals surface area contributed by atoms with Crippen LogP contribution >= 0.6 is 0 Å². The van der Waals surface area contributed by atoms with E-state index in [1.165, 1.54) is 24.3 Å². The molecule has 174 valence electrons. The molecule has 2 aromatic carbocycles. The average Bonchev–Trinajstić information content (AvgIpc) is 3.31. The predicted molar refractivity (Wildman–Crippen MR) is 126 cm³/mol. The number of imide groups is 1. The lowest BCUT2D eigenvalue weighted by Crippen LogP contribution is -2.43. The number of carboxylic acids is 1. The Morgan fingerprint density at radius 1 is 1.09 bits per heavy atom. The van der Waals surface area contributed by atoms with Gasteiger partial charge in [-0.3, -0.25) is 14.5 Å². The van der Waals surface area contributed by atoms with Crippen molar-refractivity contribution in [3.8, 4) is 23.1 Å². The van der Waals surface area contributed by atoms with Gasteiger partial charge in [0.2, 0.25) is 0 Å². The van der Waals surface area contributed by atoms with Crippen LogP contribution in [0.25, 0.3) is 17.4 Å². The fourth-order valence-electron chi connectivity index (χ4n) is 3.81. The SMILES string of the molecule is CC1=C(C#N)C(=O)N(CCc2ccccc2)C(=O)/C1=C\c1ccc(-c2ccc(C(=O)O)c(O)c2)o1. The highest BCUT2D eigenvalue weighted by Gasteiger charge is 2.35. The number of rotatable bonds is 6. The quantitative estimate of drug-likeness (QED) is 0.410. The largest absolute Gasteiger partial charge is 0.507 e. The van der Waals surface area contributed by atoms with Crippen LogP contribution in [0.15, 0.2) is 81.8 Å². The highest BCUT2D eigenvalue weighted by molar-refractivity contribution is 6.19. The number of phenols is 1. The van der Waals surface area contributed by atoms with Crippen molar-refractivity contribution in [2.45, 2.75) is 13.3 Å². The fourth-order valence-corrected chi connectivity index (χ4v) is 3.81. The van der Waals surface area contributed by atoms with Gasteiger partial charge < -0.3 is 14.6 Å². The van der Waals surface area contributed by atoms with Gasteiger partial charge in [0.1, 0.15) is 34.5 Å². The van der Waals surface area contributed by atoms with Crippen LogP contribution in [0.3, 0.4) is 0 Å². The number of carbonyl (C=O) groups is 3. The molecule has 0 fully saturated rings. The lowest BCUT2D eigenvalue weighted by atomic mass is 9.94. The van der Waals surface area contributed by atoms with E-state index in [0.29, 0.717) is 23.5 Å². The van der Waals surface area contributed by atoms with Gasteiger partial charge in [0.25, 0.3) is 11.8 Å². The second-order valence-corrected chi connectivity index (χ2v) is 7.91. The molecule has 8 heteroatoms. The molecule has 35 heavy (non-hydrogen) atoms. The van der Waals surface area contributed by atoms with Crippen molar-refractivity contribution < 1.29 is 29.0 Å². The Balaban J connectivity index is 1.65. The van der Waals surface area contributed by atoms with Gasteiger partial charge in [0.05, 0.1) is 0 Å². The van der Waals surface area contributed by atoms with Crippen molar-refractivity contribution in [2.75, 3.05) is 6.54 Å². The lowest BCUT2D eigenvalue weighted by molar-refractivity contribution is -0.140. The fraction of sp³-hybridized carbons (Fsp3) is 0.111. The Morgan fingerprint density at radius 3 is 2.49 bits per heavy atom. The first-order chi connectivity index (χ1) is 16.8. The Kier molecular flexibility index (Phi) is 6.34. The van der Waals surface area contributed by atoms with E-state index in [1.54, 1.807) is 19.1 Å². The van der Waals surface area contributed by atoms with Crippen molar-refractivity contribution in [3.05, 3.63) is 94.3 Å². The summed E-state index contributed by atoms with van der Waals surface area (Å²) in [4.78, 5) is 38.2. The molecule has 0 saturated carbocycles. The van der Waals surface area contributed by atoms with Crippen molar-refractivity contribution in [1.29, 1.82) is 5.26 Å². The molecule has 2 heterocycles. The summed E-state index contributed by atoms with van der Waals surface area (Å²) in [5, 5.41) is 28.6. The van der Waals surface area contributed by atoms with Crippen molar-refractivity contribution >= 4 is 23.9 Å². The average molecular weight is 468 g/mol. The zero-order valence-corrected chi connectivity index (χ0v) is 18.7. The second kappa shape index (κ2) is 9.53. The van der Waals surface area contributed by atoms with Gasteiger partial charge in [-0.05, 0) is 54.8 Å². The number of aromatic hydroxyl groups is 1. The molecule has 2 N–H and O–H groups in total. The summed E-state index contributed by atoms with van der Waals surface area (Å²) in [5.41, 5.74) is 1.48. The topological polar surface area (TPSA) is 132 Å². The first kappa shape index (κ1) is 23.3. The second-order valence-electron chi connectivity index (χ2n) is 7.91. The number of carboxylic acid groups (broad SMARTS) is 1. The van der Waals surface area contributed by atoms with Gasteiger partial charge in [0, 0.05) is 17.7 Å². The van der Waals surface area contributed by atoms with Gasteiger partial charge in [-0.25, -0.2) is 4.79 Å². The van der Waals surface area contributed by atoms with Gasteiger partial charge in [-0.2, -0.15) is 5.26 Å². The molecule has 0 radical (unpaired) electrons. The number of benzene rings is 2. The maximum Gasteiger partial charge on any atom is 0.339 e. The Hall–Kier alpha value is -4.90. The van der Waals surface area contributed by atoms with Crippen LogP contribution in [0, 0.1) is 11.3 Å². The van der Waals surface area contributed by atoms with Crippen LogP contribution in [0.1, 0.15) is 28.6 Å². The van der Waals surface area contributed by atoms with Crippen LogP contribution in [0.5, 0.6) is 5.75 Å². The molecule has 1 aliphatic rings. The van der Waals surface area contributed by atoms with Gasteiger partial charge in [0.15, 0.2) is 0 Å². The molecule has 0 atom stereocenters. The maximum atomic E-state index is 13.2. The zero-order chi connectivity index (χ0) is 25.1. The van der Waals surface area contributed by atoms with Crippen molar-refractivity contribution in [1.82, 2.24) is 4.90 Å². The van der Waals surface area contributed by atoms with E-state index >= 15 is 0 Å². The molecule has 0 bridgehead atoms. The standard InChI is InChI=1S/C27H20N2O6/c1-16-21(14-19-8-10-24(35-19)18-7-9-20(27(33)34)23(30)13-18)25(31)29(26(32)22(16)15-28)12-11-17-5-3-2-4-6-17/h2-10,13-14,30H,11-12H2,1H3,(H,33,34)/b21-14-. The minimum Gasteiger partial charge on any atom is -0.507 e. The predicted octanol–water partition coefficient (Wildman–Crippen LogP) is 4.19. The van der Waals surface area contributed by atoms with E-state index in [9.17, 15) is 24.8 Å². The minimum atomic E-state index is -1.25. The summed E-state index contributed by atoms with van der Waals surface area (Å²) in [7, 11) is 0. The summed E-state index contributed by atoms with van der Waals surface area (Å²) >= 11 is 0. The van der Waals surface area contributed by atoms with Crippen molar-refractivity contribution in [3.63, 3.8) is 0 Å². The molecule has 0 saturated heterocycles. The maximum absolute atomic E-state index is 13.2. The number of nitriles is 1. The number of amides is 2. The zero-order valence-electron chi connectivity index (χ0n) is 18.7. The molecule has 0 aliphatic carbocycles. The van der Waals surface area contributed by atoms with E-state index in [1.807, 2.05) is 36.4 Å². The van der Waals surface area contributed by atoms with E-state index in [2.05, 4.69) is 0 Å². The molecule has 0 unspecified atom stereocenters. The monoisotopic (exact) mass is 468 g/mol. The summed E-state index contributed by atoms with van der Waals surface area (Å²) in [6, 6.07) is 18.6. The number of furan rings is 1. The van der Waals surface area contributed by atoms with E-state index in [0.717, 1.165) is 10.5 Å². The molecule has 1 aromatic heterocycles. The molecular formula is C27H20N2O6. The smallest absolute Gasteiger partial charge is 0.339 e. The van der Waals surface area contributed by atoms with Crippen molar-refractivity contribution in [2.24, 2.45) is 0 Å². The number of hydrogen-bond donors (Lipinski definition) is 2. The van der Waals surface area contributed by atoms with Gasteiger partial charge >= 0.3 is 5.97 Å². The Labute approximate surface area is 200 Å². The third-order valence-corrected chi connectivity index (χ3v) is 5.72. The molecule has 1 aliphatic heterocycles. The van der Waals surface area contributed by atoms with Crippen LogP contribution < -0.4 is 0 Å². The number of aromatic carboxylic acids is 1. The van der Waals surface area contributed by atoms with E-state index in [4.69, 9.17) is 9.52 Å². The molecular weight excluding hydrogens is 448 g/mol. The van der Waals surface area contributed by atoms with Crippen LogP contribution in [0.4, 0.5) is 0 Å². The Bertz CT molecular complexity index is 1440. The van der Waals surface area contributed by atoms with E-state index in [-0.39, 0.29) is 28.8 Å². The number of carbonyl (C=O) groups excluding carboxylic acids is 2. The first-order valence-corrected chi connectivity index (χ1v) is 10.7. The normalized spacial score (nSPS) is 15.0. The highest BCUT2D eigenvalue weighted by atomic mass is 16.4. The molecule has 8 nitrogen and oxygen atoms in total. The van der Waals surface area contributed by atoms with Crippen LogP contribution in [-0.2, 0) is 16.0 Å². The third-order valence-electron chi connectivity index (χ3n) is 5.72. The summed E-state index contributed by atoms with van der Waals surface area (Å²) in [5.74, 6) is -2.18. The number of hydrogen-bond acceptors (Lipinski definition) is 6. The molecule has 2 amide bonds.